The van der Waals surface area contributed by atoms with Crippen LogP contribution in [-0.2, 0) is 62.7 Å². The number of esters is 1. The predicted molar refractivity (Wildman–Crippen MR) is 335 cm³/mol. The molecule has 0 saturated carbocycles. The highest BCUT2D eigenvalue weighted by atomic mass is 16.7. The average Bonchev–Trinajstić information content (AvgIpc) is 3.65. The Kier molecular flexibility index (Phi) is 35.7. The first kappa shape index (κ1) is 69.3. The van der Waals surface area contributed by atoms with Crippen LogP contribution in [0, 0.1) is 5.92 Å². The van der Waals surface area contributed by atoms with Crippen LogP contribution in [0.3, 0.4) is 0 Å². The lowest BCUT2D eigenvalue weighted by molar-refractivity contribution is -0.320. The van der Waals surface area contributed by atoms with Gasteiger partial charge in [-0.15, -0.1) is 0 Å². The molecular weight excluding hydrogens is 1050 g/mol. The molecule has 13 nitrogen and oxygen atoms in total. The zero-order valence-electron chi connectivity index (χ0n) is 51.7. The van der Waals surface area contributed by atoms with Gasteiger partial charge in [0.1, 0.15) is 36.1 Å². The summed E-state index contributed by atoms with van der Waals surface area (Å²) in [5.41, 5.74) is 2.86. The quantitative estimate of drug-likeness (QED) is 0.0221. The standard InChI is InChI=1S/C71H105N3O10/c1-5-7-9-11-13-15-17-19-21-23-25-37-47-60(48-38-26-24-22-20-18-16-14-12-10-8-6-2)68(76)74-63(70(78)73-62(69(77)72-4)51-64(75)84-61-49-39-30-40-50-61)55-82-71-67(81-54-59-45-35-29-36-46-59)66(80-53-58-43-33-28-34-44-58)65(56(3)83-71)79-52-57-41-31-27-32-42-57/h27-36,39-46,49-50,56,60,62-63,65-67,71H,5-26,37-38,47-48,51-55H2,1-4H3,(H,72,77)(H,73,78)(H,74,76)/t56-,62-,63+,65+,66+,67-,71+/m0/s1. The summed E-state index contributed by atoms with van der Waals surface area (Å²) in [7, 11) is 1.44. The summed E-state index contributed by atoms with van der Waals surface area (Å²) in [6.45, 7) is 6.78. The van der Waals surface area contributed by atoms with E-state index in [0.717, 1.165) is 55.2 Å². The van der Waals surface area contributed by atoms with Crippen LogP contribution >= 0.6 is 0 Å². The first-order valence-electron chi connectivity index (χ1n) is 32.5. The van der Waals surface area contributed by atoms with Crippen LogP contribution in [0.4, 0.5) is 0 Å². The third-order valence-electron chi connectivity index (χ3n) is 16.1. The zero-order valence-corrected chi connectivity index (χ0v) is 51.7. The van der Waals surface area contributed by atoms with E-state index in [1.807, 2.05) is 97.9 Å². The van der Waals surface area contributed by atoms with Crippen molar-refractivity contribution in [2.45, 2.75) is 257 Å². The van der Waals surface area contributed by atoms with E-state index in [0.29, 0.717) is 25.2 Å². The topological polar surface area (TPSA) is 160 Å². The maximum absolute atomic E-state index is 14.9. The first-order valence-corrected chi connectivity index (χ1v) is 32.5. The number of hydrogen-bond donors (Lipinski definition) is 3. The fraction of sp³-hybridized carbons (Fsp3) is 0.606. The molecule has 84 heavy (non-hydrogen) atoms. The molecule has 1 aliphatic heterocycles. The van der Waals surface area contributed by atoms with Gasteiger partial charge in [-0.3, -0.25) is 19.2 Å². The van der Waals surface area contributed by atoms with Crippen LogP contribution in [-0.4, -0.2) is 80.1 Å². The third kappa shape index (κ3) is 28.2. The van der Waals surface area contributed by atoms with E-state index in [-0.39, 0.29) is 31.6 Å². The Morgan fingerprint density at radius 1 is 0.440 bits per heavy atom. The summed E-state index contributed by atoms with van der Waals surface area (Å²) in [6.07, 6.45) is 26.2. The number of hydrogen-bond acceptors (Lipinski definition) is 10. The molecule has 3 amide bonds. The summed E-state index contributed by atoms with van der Waals surface area (Å²) in [5, 5.41) is 8.49. The molecular formula is C71H105N3O10. The van der Waals surface area contributed by atoms with Crippen molar-refractivity contribution in [2.24, 2.45) is 5.92 Å². The molecule has 0 radical (unpaired) electrons. The number of amides is 3. The maximum Gasteiger partial charge on any atom is 0.313 e. The number of rotatable bonds is 46. The van der Waals surface area contributed by atoms with E-state index in [2.05, 4.69) is 29.8 Å². The van der Waals surface area contributed by atoms with Gasteiger partial charge < -0.3 is 44.4 Å². The van der Waals surface area contributed by atoms with Gasteiger partial charge >= 0.3 is 5.97 Å². The van der Waals surface area contributed by atoms with Crippen molar-refractivity contribution in [3.63, 3.8) is 0 Å². The van der Waals surface area contributed by atoms with Crippen LogP contribution in [0.15, 0.2) is 121 Å². The number of unbranched alkanes of at least 4 members (excludes halogenated alkanes) is 22. The van der Waals surface area contributed by atoms with Gasteiger partial charge in [0.15, 0.2) is 6.29 Å². The zero-order chi connectivity index (χ0) is 59.7. The smallest absolute Gasteiger partial charge is 0.313 e. The Morgan fingerprint density at radius 2 is 0.821 bits per heavy atom. The Labute approximate surface area is 505 Å². The maximum atomic E-state index is 14.9. The summed E-state index contributed by atoms with van der Waals surface area (Å²) in [6, 6.07) is 35.5. The molecule has 5 rings (SSSR count). The highest BCUT2D eigenvalue weighted by molar-refractivity contribution is 5.94. The van der Waals surface area contributed by atoms with Crippen molar-refractivity contribution in [3.8, 4) is 5.75 Å². The molecule has 464 valence electrons. The fourth-order valence-electron chi connectivity index (χ4n) is 11.0. The van der Waals surface area contributed by atoms with Crippen molar-refractivity contribution in [1.82, 2.24) is 16.0 Å². The third-order valence-corrected chi connectivity index (χ3v) is 16.1. The number of likely N-dealkylation sites (N-methyl/N-ethyl adjacent to an activating group) is 1. The monoisotopic (exact) mass is 1160 g/mol. The van der Waals surface area contributed by atoms with E-state index in [1.165, 1.54) is 123 Å². The Hall–Kier alpha value is -5.44. The van der Waals surface area contributed by atoms with Crippen LogP contribution < -0.4 is 20.7 Å². The summed E-state index contributed by atoms with van der Waals surface area (Å²) >= 11 is 0. The molecule has 1 heterocycles. The highest BCUT2D eigenvalue weighted by Gasteiger charge is 2.48. The average molecular weight is 1160 g/mol. The van der Waals surface area contributed by atoms with Gasteiger partial charge in [-0.1, -0.05) is 277 Å². The number of nitrogens with one attached hydrogen (secondary N) is 3. The lowest BCUT2D eigenvalue weighted by Gasteiger charge is -2.45. The minimum Gasteiger partial charge on any atom is -0.426 e. The molecule has 1 aliphatic rings. The Balaban J connectivity index is 1.37. The Bertz CT molecular complexity index is 2300. The Morgan fingerprint density at radius 3 is 1.25 bits per heavy atom. The summed E-state index contributed by atoms with van der Waals surface area (Å²) in [4.78, 5) is 56.7. The van der Waals surface area contributed by atoms with Crippen LogP contribution in [0.1, 0.15) is 211 Å². The second-order valence-electron chi connectivity index (χ2n) is 23.1. The lowest BCUT2D eigenvalue weighted by atomic mass is 9.92. The minimum atomic E-state index is -1.33. The molecule has 1 saturated heterocycles. The molecule has 0 aromatic heterocycles. The van der Waals surface area contributed by atoms with Gasteiger partial charge in [0.2, 0.25) is 17.7 Å². The molecule has 4 aromatic carbocycles. The van der Waals surface area contributed by atoms with Crippen molar-refractivity contribution in [2.75, 3.05) is 13.7 Å². The van der Waals surface area contributed by atoms with E-state index >= 15 is 0 Å². The number of carbonyl (C=O) groups excluding carboxylic acids is 4. The SMILES string of the molecule is CCCCCCCCCCCCCCC(CCCCCCCCCCCCCC)C(=O)N[C@H](CO[C@@H]1O[C@@H](C)[C@@H](OCc2ccccc2)[C@@H](OCc2ccccc2)[C@@H]1OCc1ccccc1)C(=O)N[C@@H](CC(=O)Oc1ccccc1)C(=O)NC. The van der Waals surface area contributed by atoms with Gasteiger partial charge in [0.25, 0.3) is 0 Å². The molecule has 7 atom stereocenters. The normalized spacial score (nSPS) is 17.6. The summed E-state index contributed by atoms with van der Waals surface area (Å²) < 4.78 is 39.4. The fourth-order valence-corrected chi connectivity index (χ4v) is 11.0. The van der Waals surface area contributed by atoms with Crippen LogP contribution in [0.25, 0.3) is 0 Å². The van der Waals surface area contributed by atoms with Crippen molar-refractivity contribution >= 4 is 23.7 Å². The molecule has 0 spiro atoms. The van der Waals surface area contributed by atoms with Crippen LogP contribution in [0.2, 0.25) is 0 Å². The first-order chi connectivity index (χ1) is 41.2. The van der Waals surface area contributed by atoms with Crippen molar-refractivity contribution < 1.29 is 47.6 Å². The van der Waals surface area contributed by atoms with Crippen molar-refractivity contribution in [1.29, 1.82) is 0 Å². The van der Waals surface area contributed by atoms with Crippen LogP contribution in [0.5, 0.6) is 5.75 Å². The number of ether oxygens (including phenoxy) is 6. The van der Waals surface area contributed by atoms with Gasteiger partial charge in [0, 0.05) is 13.0 Å². The molecule has 0 bridgehead atoms. The molecule has 4 aromatic rings. The van der Waals surface area contributed by atoms with Gasteiger partial charge in [-0.25, -0.2) is 0 Å². The molecule has 0 aliphatic carbocycles. The highest BCUT2D eigenvalue weighted by Crippen LogP contribution is 2.32. The van der Waals surface area contributed by atoms with Gasteiger partial charge in [-0.05, 0) is 48.6 Å². The van der Waals surface area contributed by atoms with Crippen molar-refractivity contribution in [3.05, 3.63) is 138 Å². The van der Waals surface area contributed by atoms with Gasteiger partial charge in [0.05, 0.1) is 39.0 Å². The molecule has 3 N–H and O–H groups in total. The minimum absolute atomic E-state index is 0.188. The van der Waals surface area contributed by atoms with E-state index in [4.69, 9.17) is 28.4 Å². The number of para-hydroxylation sites is 1. The van der Waals surface area contributed by atoms with E-state index < -0.39 is 67.0 Å². The van der Waals surface area contributed by atoms with Gasteiger partial charge in [-0.2, -0.15) is 0 Å². The number of carbonyl (C=O) groups is 4. The van der Waals surface area contributed by atoms with E-state index in [9.17, 15) is 19.2 Å². The van der Waals surface area contributed by atoms with E-state index in [1.54, 1.807) is 30.3 Å². The second kappa shape index (κ2) is 43.2. The predicted octanol–water partition coefficient (Wildman–Crippen LogP) is 15.0. The summed E-state index contributed by atoms with van der Waals surface area (Å²) in [5.74, 6) is -2.32. The molecule has 13 heteroatoms. The molecule has 1 fully saturated rings. The largest absolute Gasteiger partial charge is 0.426 e. The lowest BCUT2D eigenvalue weighted by Crippen LogP contribution is -2.61. The second-order valence-corrected chi connectivity index (χ2v) is 23.1. The number of benzene rings is 4. The molecule has 0 unspecified atom stereocenters.